The number of rotatable bonds is 8. The molecule has 0 saturated carbocycles. The molecule has 23 heavy (non-hydrogen) atoms. The number of nitrogens with one attached hydrogen (secondary N) is 1. The van der Waals surface area contributed by atoms with Gasteiger partial charge < -0.3 is 5.32 Å². The Morgan fingerprint density at radius 2 is 1.78 bits per heavy atom. The van der Waals surface area contributed by atoms with Crippen LogP contribution in [0.15, 0.2) is 30.3 Å². The smallest absolute Gasteiger partial charge is 0.222 e. The Hall–Kier alpha value is -1.39. The van der Waals surface area contributed by atoms with Crippen molar-refractivity contribution >= 4 is 5.91 Å². The van der Waals surface area contributed by atoms with Crippen LogP contribution in [0.4, 0.5) is 0 Å². The Morgan fingerprint density at radius 3 is 2.43 bits per heavy atom. The van der Waals surface area contributed by atoms with E-state index >= 15 is 0 Å². The van der Waals surface area contributed by atoms with E-state index in [0.717, 1.165) is 58.7 Å². The minimum absolute atomic E-state index is 0.141. The summed E-state index contributed by atoms with van der Waals surface area (Å²) in [5, 5.41) is 3.07. The van der Waals surface area contributed by atoms with Crippen LogP contribution in [0.25, 0.3) is 0 Å². The number of hydrogen-bond donors (Lipinski definition) is 1. The van der Waals surface area contributed by atoms with E-state index in [1.807, 2.05) is 6.92 Å². The predicted molar refractivity (Wildman–Crippen MR) is 95.2 cm³/mol. The van der Waals surface area contributed by atoms with Gasteiger partial charge in [-0.25, -0.2) is 0 Å². The van der Waals surface area contributed by atoms with Crippen molar-refractivity contribution in [3.8, 4) is 0 Å². The lowest BCUT2D eigenvalue weighted by Crippen LogP contribution is -2.48. The summed E-state index contributed by atoms with van der Waals surface area (Å²) in [6.07, 6.45) is 2.04. The lowest BCUT2D eigenvalue weighted by molar-refractivity contribution is -0.124. The first-order valence-electron chi connectivity index (χ1n) is 8.95. The highest BCUT2D eigenvalue weighted by Crippen LogP contribution is 2.08. The summed E-state index contributed by atoms with van der Waals surface area (Å²) in [6, 6.07) is 10.7. The molecule has 0 spiro atoms. The second-order valence-electron chi connectivity index (χ2n) is 6.58. The third kappa shape index (κ3) is 6.32. The summed E-state index contributed by atoms with van der Waals surface area (Å²) >= 11 is 0. The molecule has 0 aromatic heterocycles. The predicted octanol–water partition coefficient (Wildman–Crippen LogP) is 2.36. The Balaban J connectivity index is 1.60. The summed E-state index contributed by atoms with van der Waals surface area (Å²) < 4.78 is 0. The van der Waals surface area contributed by atoms with Crippen LogP contribution in [0.3, 0.4) is 0 Å². The van der Waals surface area contributed by atoms with Crippen LogP contribution in [0.5, 0.6) is 0 Å². The van der Waals surface area contributed by atoms with Crippen LogP contribution in [-0.2, 0) is 11.3 Å². The van der Waals surface area contributed by atoms with Crippen molar-refractivity contribution in [3.05, 3.63) is 35.9 Å². The largest absolute Gasteiger partial charge is 0.355 e. The zero-order valence-electron chi connectivity index (χ0n) is 14.6. The maximum absolute atomic E-state index is 11.9. The van der Waals surface area contributed by atoms with E-state index in [9.17, 15) is 4.79 Å². The van der Waals surface area contributed by atoms with Gasteiger partial charge in [-0.2, -0.15) is 0 Å². The van der Waals surface area contributed by atoms with Crippen LogP contribution in [-0.4, -0.2) is 55.0 Å². The van der Waals surface area contributed by atoms with Crippen LogP contribution >= 0.6 is 0 Å². The fourth-order valence-corrected chi connectivity index (χ4v) is 3.09. The molecule has 1 fully saturated rings. The summed E-state index contributed by atoms with van der Waals surface area (Å²) in [5.74, 6) is 0.345. The van der Waals surface area contributed by atoms with Crippen LogP contribution < -0.4 is 5.32 Å². The number of benzene rings is 1. The molecular formula is C19H31N3O. The standard InChI is InChI=1S/C19H31N3O/c1-3-7-17(2)19(23)20-10-11-21-12-14-22(15-13-21)16-18-8-5-4-6-9-18/h4-6,8-9,17H,3,7,10-16H2,1-2H3,(H,20,23). The van der Waals surface area contributed by atoms with Gasteiger partial charge in [0.15, 0.2) is 0 Å². The Bertz CT molecular complexity index is 455. The quantitative estimate of drug-likeness (QED) is 0.799. The summed E-state index contributed by atoms with van der Waals surface area (Å²) in [6.45, 7) is 11.3. The minimum Gasteiger partial charge on any atom is -0.355 e. The zero-order valence-corrected chi connectivity index (χ0v) is 14.6. The first kappa shape index (κ1) is 18.0. The molecular weight excluding hydrogens is 286 g/mol. The molecule has 1 aliphatic rings. The first-order valence-corrected chi connectivity index (χ1v) is 8.95. The lowest BCUT2D eigenvalue weighted by Gasteiger charge is -2.34. The molecule has 1 saturated heterocycles. The lowest BCUT2D eigenvalue weighted by atomic mass is 10.1. The molecule has 1 unspecified atom stereocenters. The Morgan fingerprint density at radius 1 is 1.13 bits per heavy atom. The highest BCUT2D eigenvalue weighted by Gasteiger charge is 2.17. The van der Waals surface area contributed by atoms with Gasteiger partial charge >= 0.3 is 0 Å². The monoisotopic (exact) mass is 317 g/mol. The van der Waals surface area contributed by atoms with Crippen LogP contribution in [0, 0.1) is 5.92 Å². The van der Waals surface area contributed by atoms with Gasteiger partial charge in [0, 0.05) is 51.7 Å². The Labute approximate surface area is 140 Å². The highest BCUT2D eigenvalue weighted by molar-refractivity contribution is 5.78. The van der Waals surface area contributed by atoms with E-state index in [-0.39, 0.29) is 11.8 Å². The van der Waals surface area contributed by atoms with Gasteiger partial charge in [0.25, 0.3) is 0 Å². The molecule has 1 aromatic rings. The molecule has 4 nitrogen and oxygen atoms in total. The van der Waals surface area contributed by atoms with Crippen molar-refractivity contribution < 1.29 is 4.79 Å². The molecule has 1 heterocycles. The van der Waals surface area contributed by atoms with Gasteiger partial charge in [-0.05, 0) is 12.0 Å². The fourth-order valence-electron chi connectivity index (χ4n) is 3.09. The van der Waals surface area contributed by atoms with E-state index in [2.05, 4.69) is 52.4 Å². The van der Waals surface area contributed by atoms with Crippen LogP contribution in [0.1, 0.15) is 32.3 Å². The van der Waals surface area contributed by atoms with E-state index < -0.39 is 0 Å². The molecule has 0 bridgehead atoms. The third-order valence-corrected chi connectivity index (χ3v) is 4.61. The second kappa shape index (κ2) is 9.68. The summed E-state index contributed by atoms with van der Waals surface area (Å²) in [4.78, 5) is 16.9. The van der Waals surface area contributed by atoms with Gasteiger partial charge in [0.2, 0.25) is 5.91 Å². The highest BCUT2D eigenvalue weighted by atomic mass is 16.1. The molecule has 128 valence electrons. The van der Waals surface area contributed by atoms with Crippen molar-refractivity contribution in [3.63, 3.8) is 0 Å². The second-order valence-corrected chi connectivity index (χ2v) is 6.58. The molecule has 4 heteroatoms. The van der Waals surface area contributed by atoms with Crippen molar-refractivity contribution in [1.29, 1.82) is 0 Å². The third-order valence-electron chi connectivity index (χ3n) is 4.61. The Kier molecular flexibility index (Phi) is 7.56. The van der Waals surface area contributed by atoms with Crippen LogP contribution in [0.2, 0.25) is 0 Å². The van der Waals surface area contributed by atoms with Crippen molar-refractivity contribution in [2.45, 2.75) is 33.2 Å². The number of carbonyl (C=O) groups excluding carboxylic acids is 1. The van der Waals surface area contributed by atoms with Gasteiger partial charge in [0.05, 0.1) is 0 Å². The van der Waals surface area contributed by atoms with Crippen molar-refractivity contribution in [2.75, 3.05) is 39.3 Å². The SMILES string of the molecule is CCCC(C)C(=O)NCCN1CCN(Cc2ccccc2)CC1. The molecule has 0 aliphatic carbocycles. The minimum atomic E-state index is 0.141. The number of hydrogen-bond acceptors (Lipinski definition) is 3. The number of nitrogens with zero attached hydrogens (tertiary/aromatic N) is 2. The van der Waals surface area contributed by atoms with E-state index in [0.29, 0.717) is 0 Å². The van der Waals surface area contributed by atoms with Gasteiger partial charge in [-0.3, -0.25) is 14.6 Å². The van der Waals surface area contributed by atoms with Gasteiger partial charge in [-0.1, -0.05) is 50.6 Å². The normalized spacial score (nSPS) is 17.8. The number of amides is 1. The van der Waals surface area contributed by atoms with Crippen molar-refractivity contribution in [2.24, 2.45) is 5.92 Å². The zero-order chi connectivity index (χ0) is 16.5. The fraction of sp³-hybridized carbons (Fsp3) is 0.632. The molecule has 2 rings (SSSR count). The molecule has 1 N–H and O–H groups in total. The number of piperazine rings is 1. The van der Waals surface area contributed by atoms with Crippen molar-refractivity contribution in [1.82, 2.24) is 15.1 Å². The maximum Gasteiger partial charge on any atom is 0.222 e. The maximum atomic E-state index is 11.9. The average Bonchev–Trinajstić information content (AvgIpc) is 2.57. The number of carbonyl (C=O) groups is 1. The average molecular weight is 317 g/mol. The van der Waals surface area contributed by atoms with E-state index in [1.165, 1.54) is 5.56 Å². The van der Waals surface area contributed by atoms with Gasteiger partial charge in [-0.15, -0.1) is 0 Å². The molecule has 1 aromatic carbocycles. The summed E-state index contributed by atoms with van der Waals surface area (Å²) in [7, 11) is 0. The molecule has 1 aliphatic heterocycles. The van der Waals surface area contributed by atoms with E-state index in [1.54, 1.807) is 0 Å². The topological polar surface area (TPSA) is 35.6 Å². The van der Waals surface area contributed by atoms with E-state index in [4.69, 9.17) is 0 Å². The molecule has 1 amide bonds. The van der Waals surface area contributed by atoms with Gasteiger partial charge in [0.1, 0.15) is 0 Å². The first-order chi connectivity index (χ1) is 11.2. The molecule has 0 radical (unpaired) electrons. The molecule has 1 atom stereocenters. The summed E-state index contributed by atoms with van der Waals surface area (Å²) in [5.41, 5.74) is 1.39.